The zero-order chi connectivity index (χ0) is 13.8. The average Bonchev–Trinajstić information content (AvgIpc) is 2.96. The highest BCUT2D eigenvalue weighted by atomic mass is 15.2. The topological polar surface area (TPSA) is 42.7 Å². The SMILES string of the molecule is CC(c1ccccn1)n1ccnc1NC1CCCCC1. The Labute approximate surface area is 120 Å². The van der Waals surface area contributed by atoms with Crippen LogP contribution in [0.1, 0.15) is 50.8 Å². The van der Waals surface area contributed by atoms with Crippen LogP contribution in [0.25, 0.3) is 0 Å². The summed E-state index contributed by atoms with van der Waals surface area (Å²) < 4.78 is 2.18. The average molecular weight is 270 g/mol. The Morgan fingerprint density at radius 1 is 1.15 bits per heavy atom. The summed E-state index contributed by atoms with van der Waals surface area (Å²) in [4.78, 5) is 8.93. The van der Waals surface area contributed by atoms with Crippen LogP contribution in [0.4, 0.5) is 5.95 Å². The van der Waals surface area contributed by atoms with Gasteiger partial charge in [-0.15, -0.1) is 0 Å². The van der Waals surface area contributed by atoms with Gasteiger partial charge in [0, 0.05) is 24.6 Å². The molecule has 3 rings (SSSR count). The van der Waals surface area contributed by atoms with E-state index in [9.17, 15) is 0 Å². The van der Waals surface area contributed by atoms with Crippen molar-refractivity contribution in [3.05, 3.63) is 42.5 Å². The number of aromatic nitrogens is 3. The number of imidazole rings is 1. The molecule has 0 aliphatic heterocycles. The molecular weight excluding hydrogens is 248 g/mol. The molecule has 1 atom stereocenters. The number of anilines is 1. The number of nitrogens with zero attached hydrogens (tertiary/aromatic N) is 3. The van der Waals surface area contributed by atoms with Crippen LogP contribution in [-0.2, 0) is 0 Å². The largest absolute Gasteiger partial charge is 0.353 e. The third-order valence-corrected chi connectivity index (χ3v) is 4.14. The normalized spacial score (nSPS) is 17.9. The second-order valence-corrected chi connectivity index (χ2v) is 5.57. The molecule has 4 nitrogen and oxygen atoms in total. The summed E-state index contributed by atoms with van der Waals surface area (Å²) in [6.07, 6.45) is 12.3. The molecule has 20 heavy (non-hydrogen) atoms. The molecule has 2 aromatic heterocycles. The van der Waals surface area contributed by atoms with Gasteiger partial charge in [0.05, 0.1) is 11.7 Å². The Balaban J connectivity index is 1.75. The lowest BCUT2D eigenvalue weighted by Gasteiger charge is -2.25. The van der Waals surface area contributed by atoms with Gasteiger partial charge in [-0.3, -0.25) is 4.98 Å². The number of nitrogens with one attached hydrogen (secondary N) is 1. The molecule has 1 saturated carbocycles. The van der Waals surface area contributed by atoms with Gasteiger partial charge in [0.1, 0.15) is 0 Å². The van der Waals surface area contributed by atoms with E-state index in [0.717, 1.165) is 11.6 Å². The third-order valence-electron chi connectivity index (χ3n) is 4.14. The van der Waals surface area contributed by atoms with Gasteiger partial charge in [-0.1, -0.05) is 25.3 Å². The summed E-state index contributed by atoms with van der Waals surface area (Å²) in [5.41, 5.74) is 1.07. The molecule has 0 bridgehead atoms. The Hall–Kier alpha value is -1.84. The fraction of sp³-hybridized carbons (Fsp3) is 0.500. The Kier molecular flexibility index (Phi) is 4.00. The van der Waals surface area contributed by atoms with Crippen LogP contribution >= 0.6 is 0 Å². The molecular formula is C16H22N4. The molecule has 4 heteroatoms. The van der Waals surface area contributed by atoms with E-state index in [0.29, 0.717) is 6.04 Å². The van der Waals surface area contributed by atoms with Crippen molar-refractivity contribution >= 4 is 5.95 Å². The van der Waals surface area contributed by atoms with E-state index in [1.54, 1.807) is 0 Å². The van der Waals surface area contributed by atoms with Crippen molar-refractivity contribution in [3.8, 4) is 0 Å². The van der Waals surface area contributed by atoms with Crippen molar-refractivity contribution in [3.63, 3.8) is 0 Å². The van der Waals surface area contributed by atoms with Crippen molar-refractivity contribution in [2.24, 2.45) is 0 Å². The van der Waals surface area contributed by atoms with Gasteiger partial charge in [0.15, 0.2) is 0 Å². The Morgan fingerprint density at radius 3 is 2.75 bits per heavy atom. The predicted octanol–water partition coefficient (Wildman–Crippen LogP) is 3.63. The van der Waals surface area contributed by atoms with Crippen LogP contribution in [-0.4, -0.2) is 20.6 Å². The number of hydrogen-bond acceptors (Lipinski definition) is 3. The molecule has 2 aromatic rings. The van der Waals surface area contributed by atoms with Crippen molar-refractivity contribution in [2.45, 2.75) is 51.1 Å². The molecule has 1 unspecified atom stereocenters. The molecule has 1 fully saturated rings. The van der Waals surface area contributed by atoms with Crippen LogP contribution in [0.2, 0.25) is 0 Å². The predicted molar refractivity (Wildman–Crippen MR) is 80.8 cm³/mol. The number of hydrogen-bond donors (Lipinski definition) is 1. The molecule has 1 aliphatic carbocycles. The monoisotopic (exact) mass is 270 g/mol. The fourth-order valence-electron chi connectivity index (χ4n) is 2.93. The summed E-state index contributed by atoms with van der Waals surface area (Å²) in [5, 5.41) is 3.60. The third kappa shape index (κ3) is 2.84. The van der Waals surface area contributed by atoms with Gasteiger partial charge < -0.3 is 9.88 Å². The highest BCUT2D eigenvalue weighted by Gasteiger charge is 2.17. The Morgan fingerprint density at radius 2 is 2.00 bits per heavy atom. The molecule has 0 saturated heterocycles. The number of rotatable bonds is 4. The first kappa shape index (κ1) is 13.2. The van der Waals surface area contributed by atoms with Crippen LogP contribution in [0.5, 0.6) is 0 Å². The van der Waals surface area contributed by atoms with E-state index in [1.165, 1.54) is 32.1 Å². The lowest BCUT2D eigenvalue weighted by Crippen LogP contribution is -2.25. The van der Waals surface area contributed by atoms with E-state index < -0.39 is 0 Å². The highest BCUT2D eigenvalue weighted by molar-refractivity contribution is 5.30. The van der Waals surface area contributed by atoms with Crippen molar-refractivity contribution in [1.82, 2.24) is 14.5 Å². The molecule has 0 aromatic carbocycles. The first-order valence-corrected chi connectivity index (χ1v) is 7.55. The van der Waals surface area contributed by atoms with Crippen LogP contribution < -0.4 is 5.32 Å². The van der Waals surface area contributed by atoms with E-state index in [1.807, 2.05) is 30.7 Å². The molecule has 0 amide bonds. The lowest BCUT2D eigenvalue weighted by molar-refractivity contribution is 0.457. The molecule has 0 spiro atoms. The second kappa shape index (κ2) is 6.07. The van der Waals surface area contributed by atoms with E-state index in [2.05, 4.69) is 32.8 Å². The van der Waals surface area contributed by atoms with Gasteiger partial charge in [-0.2, -0.15) is 0 Å². The van der Waals surface area contributed by atoms with Gasteiger partial charge in [-0.25, -0.2) is 4.98 Å². The van der Waals surface area contributed by atoms with Gasteiger partial charge in [0.2, 0.25) is 5.95 Å². The summed E-state index contributed by atoms with van der Waals surface area (Å²) >= 11 is 0. The van der Waals surface area contributed by atoms with Crippen LogP contribution in [0.15, 0.2) is 36.8 Å². The minimum Gasteiger partial charge on any atom is -0.353 e. The minimum absolute atomic E-state index is 0.199. The first-order chi connectivity index (χ1) is 9.84. The quantitative estimate of drug-likeness (QED) is 0.922. The van der Waals surface area contributed by atoms with Gasteiger partial charge >= 0.3 is 0 Å². The summed E-state index contributed by atoms with van der Waals surface area (Å²) in [7, 11) is 0. The maximum atomic E-state index is 4.48. The van der Waals surface area contributed by atoms with Gasteiger partial charge in [0.25, 0.3) is 0 Å². The van der Waals surface area contributed by atoms with Crippen molar-refractivity contribution in [1.29, 1.82) is 0 Å². The summed E-state index contributed by atoms with van der Waals surface area (Å²) in [5.74, 6) is 0.968. The van der Waals surface area contributed by atoms with Crippen molar-refractivity contribution in [2.75, 3.05) is 5.32 Å². The van der Waals surface area contributed by atoms with Crippen LogP contribution in [0, 0.1) is 0 Å². The minimum atomic E-state index is 0.199. The zero-order valence-corrected chi connectivity index (χ0v) is 12.0. The lowest BCUT2D eigenvalue weighted by atomic mass is 9.96. The number of pyridine rings is 1. The van der Waals surface area contributed by atoms with E-state index in [-0.39, 0.29) is 6.04 Å². The van der Waals surface area contributed by atoms with Gasteiger partial charge in [-0.05, 0) is 31.9 Å². The smallest absolute Gasteiger partial charge is 0.203 e. The second-order valence-electron chi connectivity index (χ2n) is 5.57. The Bertz CT molecular complexity index is 528. The molecule has 0 radical (unpaired) electrons. The highest BCUT2D eigenvalue weighted by Crippen LogP contribution is 2.24. The van der Waals surface area contributed by atoms with Crippen molar-refractivity contribution < 1.29 is 0 Å². The zero-order valence-electron chi connectivity index (χ0n) is 12.0. The fourth-order valence-corrected chi connectivity index (χ4v) is 2.93. The van der Waals surface area contributed by atoms with E-state index in [4.69, 9.17) is 0 Å². The standard InChI is InChI=1S/C16H22N4/c1-13(15-9-5-6-10-17-15)20-12-11-18-16(20)19-14-7-3-2-4-8-14/h5-6,9-14H,2-4,7-8H2,1H3,(H,18,19). The first-order valence-electron chi connectivity index (χ1n) is 7.55. The summed E-state index contributed by atoms with van der Waals surface area (Å²) in [6.45, 7) is 2.16. The maximum absolute atomic E-state index is 4.48. The molecule has 106 valence electrons. The molecule has 1 aliphatic rings. The van der Waals surface area contributed by atoms with E-state index >= 15 is 0 Å². The molecule has 1 N–H and O–H groups in total. The van der Waals surface area contributed by atoms with Crippen LogP contribution in [0.3, 0.4) is 0 Å². The maximum Gasteiger partial charge on any atom is 0.203 e. The molecule has 2 heterocycles. The summed E-state index contributed by atoms with van der Waals surface area (Å²) in [6, 6.07) is 6.82.